The number of hydrogen-bond acceptors (Lipinski definition) is 2. The van der Waals surface area contributed by atoms with E-state index in [1.165, 1.54) is 6.42 Å². The van der Waals surface area contributed by atoms with E-state index in [2.05, 4.69) is 25.7 Å². The number of carbonyl (C=O) groups is 1. The van der Waals surface area contributed by atoms with Gasteiger partial charge in [-0.05, 0) is 45.4 Å². The second-order valence-corrected chi connectivity index (χ2v) is 6.50. The predicted octanol–water partition coefficient (Wildman–Crippen LogP) is 2.15. The lowest BCUT2D eigenvalue weighted by atomic mass is 9.76. The molecular weight excluding hydrogens is 212 g/mol. The molecule has 3 nitrogen and oxygen atoms in total. The van der Waals surface area contributed by atoms with Crippen LogP contribution in [0.5, 0.6) is 0 Å². The van der Waals surface area contributed by atoms with Crippen LogP contribution in [0.3, 0.4) is 0 Å². The fourth-order valence-corrected chi connectivity index (χ4v) is 3.58. The van der Waals surface area contributed by atoms with Gasteiger partial charge in [-0.15, -0.1) is 0 Å². The highest BCUT2D eigenvalue weighted by atomic mass is 16.2. The largest absolute Gasteiger partial charge is 0.337 e. The maximum atomic E-state index is 12.7. The fourth-order valence-electron chi connectivity index (χ4n) is 3.58. The van der Waals surface area contributed by atoms with Gasteiger partial charge in [0.1, 0.15) is 0 Å². The first-order valence-corrected chi connectivity index (χ1v) is 7.00. The van der Waals surface area contributed by atoms with Crippen molar-refractivity contribution in [3.63, 3.8) is 0 Å². The minimum Gasteiger partial charge on any atom is -0.337 e. The van der Waals surface area contributed by atoms with Crippen LogP contribution in [0.4, 0.5) is 0 Å². The molecule has 1 saturated carbocycles. The molecule has 98 valence electrons. The van der Waals surface area contributed by atoms with Crippen molar-refractivity contribution in [3.8, 4) is 0 Å². The lowest BCUT2D eigenvalue weighted by molar-refractivity contribution is -0.142. The molecular formula is C14H26N2O. The van der Waals surface area contributed by atoms with Crippen LogP contribution in [-0.2, 0) is 4.79 Å². The van der Waals surface area contributed by atoms with Crippen molar-refractivity contribution in [2.45, 2.75) is 64.5 Å². The summed E-state index contributed by atoms with van der Waals surface area (Å²) >= 11 is 0. The molecule has 1 heterocycles. The number of rotatable bonds is 1. The first-order valence-electron chi connectivity index (χ1n) is 7.00. The van der Waals surface area contributed by atoms with Crippen LogP contribution in [0.25, 0.3) is 0 Å². The molecule has 0 bridgehead atoms. The van der Waals surface area contributed by atoms with Gasteiger partial charge in [-0.3, -0.25) is 4.79 Å². The summed E-state index contributed by atoms with van der Waals surface area (Å²) in [6.07, 6.45) is 5.59. The highest BCUT2D eigenvalue weighted by Crippen LogP contribution is 2.35. The molecule has 2 N–H and O–H groups in total. The number of nitrogens with two attached hydrogens (primary N) is 1. The van der Waals surface area contributed by atoms with Gasteiger partial charge in [0.15, 0.2) is 0 Å². The van der Waals surface area contributed by atoms with Gasteiger partial charge >= 0.3 is 0 Å². The molecule has 2 rings (SSSR count). The SMILES string of the molecule is CC1CCCC(N)C1C(=O)N1CCCC1(C)C. The third-order valence-electron chi connectivity index (χ3n) is 4.72. The van der Waals surface area contributed by atoms with E-state index in [4.69, 9.17) is 5.73 Å². The van der Waals surface area contributed by atoms with Gasteiger partial charge in [0.2, 0.25) is 5.91 Å². The van der Waals surface area contributed by atoms with Crippen LogP contribution in [-0.4, -0.2) is 28.9 Å². The van der Waals surface area contributed by atoms with Crippen LogP contribution in [0, 0.1) is 11.8 Å². The molecule has 0 aromatic rings. The number of likely N-dealkylation sites (tertiary alicyclic amines) is 1. The Bertz CT molecular complexity index is 291. The molecule has 2 fully saturated rings. The van der Waals surface area contributed by atoms with Crippen molar-refractivity contribution >= 4 is 5.91 Å². The summed E-state index contributed by atoms with van der Waals surface area (Å²) in [7, 11) is 0. The highest BCUT2D eigenvalue weighted by molar-refractivity contribution is 5.81. The number of hydrogen-bond donors (Lipinski definition) is 1. The second kappa shape index (κ2) is 4.60. The number of nitrogens with zero attached hydrogens (tertiary/aromatic N) is 1. The van der Waals surface area contributed by atoms with Crippen LogP contribution < -0.4 is 5.73 Å². The molecule has 2 aliphatic rings. The Kier molecular flexibility index (Phi) is 3.48. The van der Waals surface area contributed by atoms with Gasteiger partial charge in [0.25, 0.3) is 0 Å². The van der Waals surface area contributed by atoms with Crippen LogP contribution in [0.15, 0.2) is 0 Å². The zero-order valence-electron chi connectivity index (χ0n) is 11.4. The molecule has 1 amide bonds. The van der Waals surface area contributed by atoms with Gasteiger partial charge in [0, 0.05) is 18.1 Å². The Balaban J connectivity index is 2.13. The van der Waals surface area contributed by atoms with E-state index in [1.54, 1.807) is 0 Å². The summed E-state index contributed by atoms with van der Waals surface area (Å²) < 4.78 is 0. The van der Waals surface area contributed by atoms with Gasteiger partial charge in [-0.25, -0.2) is 0 Å². The molecule has 1 aliphatic carbocycles. The Morgan fingerprint density at radius 3 is 2.53 bits per heavy atom. The van der Waals surface area contributed by atoms with Gasteiger partial charge in [0.05, 0.1) is 5.92 Å². The second-order valence-electron chi connectivity index (χ2n) is 6.50. The molecule has 3 heteroatoms. The third kappa shape index (κ3) is 2.35. The Labute approximate surface area is 105 Å². The van der Waals surface area contributed by atoms with Crippen LogP contribution in [0.1, 0.15) is 52.9 Å². The maximum absolute atomic E-state index is 12.7. The molecule has 0 aromatic heterocycles. The first-order chi connectivity index (χ1) is 7.93. The van der Waals surface area contributed by atoms with Crippen molar-refractivity contribution in [2.24, 2.45) is 17.6 Å². The lowest BCUT2D eigenvalue weighted by Crippen LogP contribution is -2.52. The van der Waals surface area contributed by atoms with Crippen molar-refractivity contribution in [1.29, 1.82) is 0 Å². The number of carbonyl (C=O) groups excluding carboxylic acids is 1. The minimum atomic E-state index is 0.0357. The van der Waals surface area contributed by atoms with Crippen molar-refractivity contribution in [2.75, 3.05) is 6.54 Å². The molecule has 0 aromatic carbocycles. The molecule has 3 unspecified atom stereocenters. The third-order valence-corrected chi connectivity index (χ3v) is 4.72. The van der Waals surface area contributed by atoms with Crippen LogP contribution in [0.2, 0.25) is 0 Å². The molecule has 1 aliphatic heterocycles. The van der Waals surface area contributed by atoms with E-state index in [0.29, 0.717) is 11.8 Å². The monoisotopic (exact) mass is 238 g/mol. The van der Waals surface area contributed by atoms with Gasteiger partial charge in [-0.1, -0.05) is 13.3 Å². The average Bonchev–Trinajstić information content (AvgIpc) is 2.57. The number of amides is 1. The standard InChI is InChI=1S/C14H26N2O/c1-10-6-4-7-11(15)12(10)13(17)16-9-5-8-14(16,2)3/h10-12H,4-9,15H2,1-3H3. The van der Waals surface area contributed by atoms with Crippen molar-refractivity contribution < 1.29 is 4.79 Å². The summed E-state index contributed by atoms with van der Waals surface area (Å²) in [5, 5.41) is 0. The normalized spacial score (nSPS) is 37.2. The lowest BCUT2D eigenvalue weighted by Gasteiger charge is -2.40. The molecule has 1 saturated heterocycles. The summed E-state index contributed by atoms with van der Waals surface area (Å²) in [6.45, 7) is 7.46. The Morgan fingerprint density at radius 2 is 2.00 bits per heavy atom. The Hall–Kier alpha value is -0.570. The smallest absolute Gasteiger partial charge is 0.227 e. The molecule has 0 radical (unpaired) electrons. The first kappa shape index (κ1) is 12.9. The zero-order valence-corrected chi connectivity index (χ0v) is 11.4. The maximum Gasteiger partial charge on any atom is 0.227 e. The quantitative estimate of drug-likeness (QED) is 0.761. The van der Waals surface area contributed by atoms with E-state index >= 15 is 0 Å². The Morgan fingerprint density at radius 1 is 1.29 bits per heavy atom. The summed E-state index contributed by atoms with van der Waals surface area (Å²) in [5.74, 6) is 0.816. The van der Waals surface area contributed by atoms with Crippen molar-refractivity contribution in [1.82, 2.24) is 4.90 Å². The van der Waals surface area contributed by atoms with Gasteiger partial charge in [-0.2, -0.15) is 0 Å². The molecule has 3 atom stereocenters. The van der Waals surface area contributed by atoms with E-state index in [1.807, 2.05) is 0 Å². The zero-order chi connectivity index (χ0) is 12.6. The van der Waals surface area contributed by atoms with Gasteiger partial charge < -0.3 is 10.6 Å². The average molecular weight is 238 g/mol. The highest BCUT2D eigenvalue weighted by Gasteiger charge is 2.42. The fraction of sp³-hybridized carbons (Fsp3) is 0.929. The van der Waals surface area contributed by atoms with Crippen LogP contribution >= 0.6 is 0 Å². The summed E-state index contributed by atoms with van der Waals surface area (Å²) in [5.41, 5.74) is 6.21. The molecule has 0 spiro atoms. The minimum absolute atomic E-state index is 0.0357. The van der Waals surface area contributed by atoms with E-state index in [9.17, 15) is 4.79 Å². The topological polar surface area (TPSA) is 46.3 Å². The summed E-state index contributed by atoms with van der Waals surface area (Å²) in [6, 6.07) is 0.0719. The van der Waals surface area contributed by atoms with E-state index < -0.39 is 0 Å². The van der Waals surface area contributed by atoms with E-state index in [-0.39, 0.29) is 17.5 Å². The van der Waals surface area contributed by atoms with E-state index in [0.717, 1.165) is 32.2 Å². The predicted molar refractivity (Wildman–Crippen MR) is 69.5 cm³/mol. The molecule has 17 heavy (non-hydrogen) atoms. The van der Waals surface area contributed by atoms with Crippen molar-refractivity contribution in [3.05, 3.63) is 0 Å². The summed E-state index contributed by atoms with van der Waals surface area (Å²) in [4.78, 5) is 14.8.